The summed E-state index contributed by atoms with van der Waals surface area (Å²) in [5.41, 5.74) is 0.893. The molecule has 1 unspecified atom stereocenters. The van der Waals surface area contributed by atoms with Crippen molar-refractivity contribution in [3.63, 3.8) is 0 Å². The summed E-state index contributed by atoms with van der Waals surface area (Å²) in [6.45, 7) is 0.548. The molecule has 1 N–H and O–H groups in total. The Bertz CT molecular complexity index is 983. The first kappa shape index (κ1) is 17.4. The predicted octanol–water partition coefficient (Wildman–Crippen LogP) is 3.25. The van der Waals surface area contributed by atoms with E-state index in [1.54, 1.807) is 24.3 Å². The number of ether oxygens (including phenoxy) is 2. The number of rotatable bonds is 6. The Morgan fingerprint density at radius 3 is 2.67 bits per heavy atom. The highest BCUT2D eigenvalue weighted by Gasteiger charge is 2.16. The smallest absolute Gasteiger partial charge is 0.287 e. The van der Waals surface area contributed by atoms with Crippen molar-refractivity contribution in [3.8, 4) is 11.5 Å². The SMILES string of the molecule is O=C(NCc1ccc2c(c1)OCO2)c1ccc(CS(=O)c2ccccc2)o1. The van der Waals surface area contributed by atoms with E-state index in [9.17, 15) is 9.00 Å². The largest absolute Gasteiger partial charge is 0.455 e. The van der Waals surface area contributed by atoms with Crippen LogP contribution in [0.3, 0.4) is 0 Å². The van der Waals surface area contributed by atoms with E-state index in [4.69, 9.17) is 13.9 Å². The summed E-state index contributed by atoms with van der Waals surface area (Å²) in [4.78, 5) is 13.0. The molecule has 138 valence electrons. The fourth-order valence-corrected chi connectivity index (χ4v) is 3.72. The summed E-state index contributed by atoms with van der Waals surface area (Å²) >= 11 is 0. The third-order valence-electron chi connectivity index (χ3n) is 4.05. The van der Waals surface area contributed by atoms with Crippen molar-refractivity contribution in [1.29, 1.82) is 0 Å². The molecule has 0 aliphatic carbocycles. The molecule has 7 heteroatoms. The van der Waals surface area contributed by atoms with Crippen LogP contribution in [-0.4, -0.2) is 16.9 Å². The van der Waals surface area contributed by atoms with Crippen molar-refractivity contribution in [2.24, 2.45) is 0 Å². The number of hydrogen-bond acceptors (Lipinski definition) is 5. The lowest BCUT2D eigenvalue weighted by Gasteiger charge is -2.05. The molecule has 0 radical (unpaired) electrons. The molecule has 2 aromatic carbocycles. The Morgan fingerprint density at radius 1 is 1.00 bits per heavy atom. The molecule has 6 nitrogen and oxygen atoms in total. The molecule has 1 amide bonds. The van der Waals surface area contributed by atoms with Gasteiger partial charge >= 0.3 is 0 Å². The highest BCUT2D eigenvalue weighted by Crippen LogP contribution is 2.32. The Kier molecular flexibility index (Phi) is 4.93. The first-order chi connectivity index (χ1) is 13.2. The molecular formula is C20H17NO5S. The van der Waals surface area contributed by atoms with E-state index in [0.717, 1.165) is 10.5 Å². The fraction of sp³-hybridized carbons (Fsp3) is 0.150. The first-order valence-electron chi connectivity index (χ1n) is 8.38. The Labute approximate surface area is 158 Å². The van der Waals surface area contributed by atoms with Crippen LogP contribution in [0.5, 0.6) is 11.5 Å². The number of carbonyl (C=O) groups is 1. The van der Waals surface area contributed by atoms with Gasteiger partial charge in [0, 0.05) is 11.4 Å². The molecule has 0 saturated heterocycles. The molecule has 0 fully saturated rings. The van der Waals surface area contributed by atoms with Gasteiger partial charge in [0.15, 0.2) is 17.3 Å². The zero-order valence-corrected chi connectivity index (χ0v) is 15.2. The third-order valence-corrected chi connectivity index (χ3v) is 5.40. The second-order valence-corrected chi connectivity index (χ2v) is 7.39. The van der Waals surface area contributed by atoms with Crippen LogP contribution in [0.25, 0.3) is 0 Å². The number of benzene rings is 2. The number of carbonyl (C=O) groups excluding carboxylic acids is 1. The van der Waals surface area contributed by atoms with Gasteiger partial charge in [0.1, 0.15) is 5.76 Å². The molecule has 0 saturated carbocycles. The Hall–Kier alpha value is -3.06. The molecule has 1 aliphatic heterocycles. The molecule has 4 rings (SSSR count). The van der Waals surface area contributed by atoms with Gasteiger partial charge in [-0.25, -0.2) is 0 Å². The minimum Gasteiger partial charge on any atom is -0.455 e. The highest BCUT2D eigenvalue weighted by atomic mass is 32.2. The topological polar surface area (TPSA) is 77.8 Å². The van der Waals surface area contributed by atoms with Gasteiger partial charge in [-0.15, -0.1) is 0 Å². The summed E-state index contributed by atoms with van der Waals surface area (Å²) in [6, 6.07) is 17.9. The van der Waals surface area contributed by atoms with Crippen LogP contribution in [0.4, 0.5) is 0 Å². The van der Waals surface area contributed by atoms with Crippen molar-refractivity contribution in [3.05, 3.63) is 77.7 Å². The van der Waals surface area contributed by atoms with Gasteiger partial charge in [-0.3, -0.25) is 9.00 Å². The normalized spacial score (nSPS) is 13.3. The van der Waals surface area contributed by atoms with Crippen molar-refractivity contribution in [2.45, 2.75) is 17.2 Å². The number of fused-ring (bicyclic) bond motifs is 1. The van der Waals surface area contributed by atoms with E-state index in [2.05, 4.69) is 5.32 Å². The van der Waals surface area contributed by atoms with E-state index in [-0.39, 0.29) is 24.2 Å². The summed E-state index contributed by atoms with van der Waals surface area (Å²) in [7, 11) is -1.22. The standard InChI is InChI=1S/C20H17NO5S/c22-20(21-11-14-6-8-17-19(10-14)25-13-24-17)18-9-7-15(26-18)12-27(23)16-4-2-1-3-5-16/h1-10H,11-13H2,(H,21,22). The van der Waals surface area contributed by atoms with Gasteiger partial charge in [0.2, 0.25) is 6.79 Å². The van der Waals surface area contributed by atoms with Crippen LogP contribution in [-0.2, 0) is 23.1 Å². The van der Waals surface area contributed by atoms with Crippen molar-refractivity contribution in [2.75, 3.05) is 6.79 Å². The summed E-state index contributed by atoms with van der Waals surface area (Å²) in [6.07, 6.45) is 0. The minimum atomic E-state index is -1.22. The van der Waals surface area contributed by atoms with Crippen LogP contribution < -0.4 is 14.8 Å². The molecule has 27 heavy (non-hydrogen) atoms. The van der Waals surface area contributed by atoms with E-state index < -0.39 is 10.8 Å². The predicted molar refractivity (Wildman–Crippen MR) is 99.0 cm³/mol. The molecule has 1 atom stereocenters. The summed E-state index contributed by atoms with van der Waals surface area (Å²) < 4.78 is 28.5. The molecule has 1 aromatic heterocycles. The van der Waals surface area contributed by atoms with Crippen molar-refractivity contribution >= 4 is 16.7 Å². The van der Waals surface area contributed by atoms with Crippen molar-refractivity contribution < 1.29 is 22.9 Å². The minimum absolute atomic E-state index is 0.191. The van der Waals surface area contributed by atoms with Crippen LogP contribution in [0.2, 0.25) is 0 Å². The Balaban J connectivity index is 1.35. The molecule has 3 aromatic rings. The average molecular weight is 383 g/mol. The van der Waals surface area contributed by atoms with Gasteiger partial charge < -0.3 is 19.2 Å². The lowest BCUT2D eigenvalue weighted by molar-refractivity contribution is 0.0921. The Morgan fingerprint density at radius 2 is 1.81 bits per heavy atom. The maximum absolute atomic E-state index is 12.3. The first-order valence-corrected chi connectivity index (χ1v) is 9.70. The second-order valence-electron chi connectivity index (χ2n) is 5.94. The van der Waals surface area contributed by atoms with E-state index in [1.807, 2.05) is 36.4 Å². The zero-order valence-electron chi connectivity index (χ0n) is 14.3. The van der Waals surface area contributed by atoms with Gasteiger partial charge in [0.05, 0.1) is 16.6 Å². The number of furan rings is 1. The van der Waals surface area contributed by atoms with Crippen LogP contribution >= 0.6 is 0 Å². The quantitative estimate of drug-likeness (QED) is 0.707. The van der Waals surface area contributed by atoms with Gasteiger partial charge in [0.25, 0.3) is 5.91 Å². The van der Waals surface area contributed by atoms with Crippen LogP contribution in [0.1, 0.15) is 21.9 Å². The average Bonchev–Trinajstić information content (AvgIpc) is 3.35. The lowest BCUT2D eigenvalue weighted by atomic mass is 10.2. The monoisotopic (exact) mass is 383 g/mol. The van der Waals surface area contributed by atoms with Crippen LogP contribution in [0.15, 0.2) is 70.0 Å². The number of amides is 1. The van der Waals surface area contributed by atoms with Gasteiger partial charge in [-0.2, -0.15) is 0 Å². The van der Waals surface area contributed by atoms with Gasteiger partial charge in [-0.1, -0.05) is 24.3 Å². The van der Waals surface area contributed by atoms with E-state index in [0.29, 0.717) is 23.8 Å². The molecule has 0 spiro atoms. The second kappa shape index (κ2) is 7.67. The lowest BCUT2D eigenvalue weighted by Crippen LogP contribution is -2.22. The van der Waals surface area contributed by atoms with Crippen LogP contribution in [0, 0.1) is 0 Å². The highest BCUT2D eigenvalue weighted by molar-refractivity contribution is 7.84. The van der Waals surface area contributed by atoms with Crippen molar-refractivity contribution in [1.82, 2.24) is 5.32 Å². The molecule has 2 heterocycles. The molecule has 0 bridgehead atoms. The summed E-state index contributed by atoms with van der Waals surface area (Å²) in [5.74, 6) is 1.96. The molecular weight excluding hydrogens is 366 g/mol. The number of hydrogen-bond donors (Lipinski definition) is 1. The van der Waals surface area contributed by atoms with E-state index >= 15 is 0 Å². The number of nitrogens with one attached hydrogen (secondary N) is 1. The third kappa shape index (κ3) is 4.03. The summed E-state index contributed by atoms with van der Waals surface area (Å²) in [5, 5.41) is 2.80. The van der Waals surface area contributed by atoms with Gasteiger partial charge in [-0.05, 0) is 42.0 Å². The van der Waals surface area contributed by atoms with E-state index in [1.165, 1.54) is 0 Å². The maximum atomic E-state index is 12.3. The molecule has 1 aliphatic rings. The zero-order chi connectivity index (χ0) is 18.6. The fourth-order valence-electron chi connectivity index (χ4n) is 2.68. The maximum Gasteiger partial charge on any atom is 0.287 e.